The van der Waals surface area contributed by atoms with Crippen molar-refractivity contribution in [3.8, 4) is 0 Å². The summed E-state index contributed by atoms with van der Waals surface area (Å²) in [5.41, 5.74) is 3.12. The summed E-state index contributed by atoms with van der Waals surface area (Å²) in [6, 6.07) is 15.0. The number of nitrogens with zero attached hydrogens (tertiary/aromatic N) is 1. The Balaban J connectivity index is 1.60. The van der Waals surface area contributed by atoms with Crippen LogP contribution in [0.5, 0.6) is 0 Å². The lowest BCUT2D eigenvalue weighted by atomic mass is 9.98. The average molecular weight is 342 g/mol. The van der Waals surface area contributed by atoms with Gasteiger partial charge in [-0.2, -0.15) is 0 Å². The lowest BCUT2D eigenvalue weighted by Crippen LogP contribution is -3.16. The second-order valence-electron chi connectivity index (χ2n) is 6.38. The fraction of sp³-hybridized carbons (Fsp3) is 0.263. The molecule has 2 amide bonds. The Kier molecular flexibility index (Phi) is 3.87. The number of carbonyl (C=O) groups excluding carboxylic acids is 2. The van der Waals surface area contributed by atoms with Crippen LogP contribution < -0.4 is 9.80 Å². The van der Waals surface area contributed by atoms with Crippen molar-refractivity contribution in [3.63, 3.8) is 0 Å². The van der Waals surface area contributed by atoms with E-state index in [0.29, 0.717) is 10.7 Å². The molecule has 2 aromatic carbocycles. The van der Waals surface area contributed by atoms with E-state index < -0.39 is 0 Å². The molecule has 2 heterocycles. The molecule has 5 heteroatoms. The summed E-state index contributed by atoms with van der Waals surface area (Å²) in [5.74, 6) is -0.299. The molecule has 1 unspecified atom stereocenters. The molecule has 2 aliphatic heterocycles. The highest BCUT2D eigenvalue weighted by Crippen LogP contribution is 2.29. The summed E-state index contributed by atoms with van der Waals surface area (Å²) in [6.07, 6.45) is 1.19. The quantitative estimate of drug-likeness (QED) is 0.843. The molecule has 1 saturated heterocycles. The Labute approximate surface area is 145 Å². The van der Waals surface area contributed by atoms with Gasteiger partial charge in [0.15, 0.2) is 6.04 Å². The molecule has 2 atom stereocenters. The zero-order chi connectivity index (χ0) is 16.7. The first-order valence-electron chi connectivity index (χ1n) is 8.18. The van der Waals surface area contributed by atoms with Gasteiger partial charge < -0.3 is 4.90 Å². The van der Waals surface area contributed by atoms with Crippen LogP contribution in [0.25, 0.3) is 0 Å². The number of amides is 2. The second-order valence-corrected chi connectivity index (χ2v) is 6.79. The molecule has 122 valence electrons. The monoisotopic (exact) mass is 341 g/mol. The van der Waals surface area contributed by atoms with Crippen molar-refractivity contribution in [2.24, 2.45) is 0 Å². The number of halogens is 1. The van der Waals surface area contributed by atoms with Crippen LogP contribution in [0.4, 0.5) is 5.69 Å². The number of nitrogens with one attached hydrogen (secondary N) is 1. The molecule has 1 fully saturated rings. The predicted octanol–water partition coefficient (Wildman–Crippen LogP) is 1.61. The molecule has 0 bridgehead atoms. The van der Waals surface area contributed by atoms with Gasteiger partial charge in [0, 0.05) is 12.0 Å². The summed E-state index contributed by atoms with van der Waals surface area (Å²) in [7, 11) is 0. The molecule has 0 spiro atoms. The minimum absolute atomic E-state index is 0.137. The highest BCUT2D eigenvalue weighted by molar-refractivity contribution is 6.36. The SMILES string of the molecule is O=C1C[C@@H]([NH+]2CCc3ccccc3C2)C(=O)N1c1ccccc1Cl. The first kappa shape index (κ1) is 15.4. The van der Waals surface area contributed by atoms with E-state index in [9.17, 15) is 9.59 Å². The van der Waals surface area contributed by atoms with Gasteiger partial charge in [-0.25, -0.2) is 4.90 Å². The molecule has 0 aromatic heterocycles. The first-order chi connectivity index (χ1) is 11.6. The number of fused-ring (bicyclic) bond motifs is 1. The zero-order valence-electron chi connectivity index (χ0n) is 13.2. The maximum absolute atomic E-state index is 12.9. The molecule has 0 radical (unpaired) electrons. The van der Waals surface area contributed by atoms with E-state index >= 15 is 0 Å². The number of para-hydroxylation sites is 1. The Morgan fingerprint density at radius 2 is 1.71 bits per heavy atom. The minimum atomic E-state index is -0.317. The topological polar surface area (TPSA) is 41.8 Å². The van der Waals surface area contributed by atoms with Crippen molar-refractivity contribution in [1.29, 1.82) is 0 Å². The van der Waals surface area contributed by atoms with E-state index in [1.165, 1.54) is 20.9 Å². The minimum Gasteiger partial charge on any atom is -0.320 e. The Bertz CT molecular complexity index is 821. The van der Waals surface area contributed by atoms with Crippen LogP contribution >= 0.6 is 11.6 Å². The summed E-state index contributed by atoms with van der Waals surface area (Å²) in [4.78, 5) is 27.8. The molecular formula is C19H18ClN2O2+. The van der Waals surface area contributed by atoms with Crippen LogP contribution in [0.1, 0.15) is 17.5 Å². The highest BCUT2D eigenvalue weighted by Gasteiger charge is 2.46. The number of rotatable bonds is 2. The van der Waals surface area contributed by atoms with Gasteiger partial charge in [0.1, 0.15) is 6.54 Å². The third-order valence-electron chi connectivity index (χ3n) is 4.98. The third kappa shape index (κ3) is 2.52. The van der Waals surface area contributed by atoms with Crippen LogP contribution in [0, 0.1) is 0 Å². The van der Waals surface area contributed by atoms with Crippen molar-refractivity contribution in [3.05, 3.63) is 64.7 Å². The van der Waals surface area contributed by atoms with Crippen LogP contribution in [-0.2, 0) is 22.6 Å². The number of hydrogen-bond acceptors (Lipinski definition) is 2. The highest BCUT2D eigenvalue weighted by atomic mass is 35.5. The number of benzene rings is 2. The lowest BCUT2D eigenvalue weighted by molar-refractivity contribution is -0.930. The van der Waals surface area contributed by atoms with Crippen LogP contribution in [0.15, 0.2) is 48.5 Å². The fourth-order valence-electron chi connectivity index (χ4n) is 3.74. The van der Waals surface area contributed by atoms with Crippen molar-refractivity contribution in [1.82, 2.24) is 0 Å². The van der Waals surface area contributed by atoms with Gasteiger partial charge in [-0.1, -0.05) is 48.0 Å². The molecule has 2 aliphatic rings. The van der Waals surface area contributed by atoms with Crippen LogP contribution in [0.2, 0.25) is 5.02 Å². The molecule has 1 N–H and O–H groups in total. The third-order valence-corrected chi connectivity index (χ3v) is 5.30. The lowest BCUT2D eigenvalue weighted by Gasteiger charge is -2.29. The van der Waals surface area contributed by atoms with Gasteiger partial charge in [-0.15, -0.1) is 0 Å². The number of quaternary nitrogens is 1. The van der Waals surface area contributed by atoms with E-state index in [1.54, 1.807) is 24.3 Å². The first-order valence-corrected chi connectivity index (χ1v) is 8.55. The van der Waals surface area contributed by atoms with Gasteiger partial charge >= 0.3 is 0 Å². The van der Waals surface area contributed by atoms with Crippen molar-refractivity contribution < 1.29 is 14.5 Å². The molecule has 0 saturated carbocycles. The summed E-state index contributed by atoms with van der Waals surface area (Å²) in [5, 5.41) is 0.429. The van der Waals surface area contributed by atoms with E-state index in [2.05, 4.69) is 12.1 Å². The molecule has 24 heavy (non-hydrogen) atoms. The Hall–Kier alpha value is -2.17. The molecule has 4 nitrogen and oxygen atoms in total. The van der Waals surface area contributed by atoms with Crippen molar-refractivity contribution in [2.75, 3.05) is 11.4 Å². The molecule has 0 aliphatic carbocycles. The van der Waals surface area contributed by atoms with Gasteiger partial charge in [0.25, 0.3) is 5.91 Å². The molecule has 4 rings (SSSR count). The maximum Gasteiger partial charge on any atom is 0.292 e. The number of carbonyl (C=O) groups is 2. The van der Waals surface area contributed by atoms with E-state index in [-0.39, 0.29) is 24.3 Å². The van der Waals surface area contributed by atoms with Gasteiger partial charge in [-0.05, 0) is 17.7 Å². The zero-order valence-corrected chi connectivity index (χ0v) is 13.9. The second kappa shape index (κ2) is 6.04. The van der Waals surface area contributed by atoms with Crippen LogP contribution in [0.3, 0.4) is 0 Å². The summed E-state index contributed by atoms with van der Waals surface area (Å²) < 4.78 is 0. The smallest absolute Gasteiger partial charge is 0.292 e. The average Bonchev–Trinajstić information content (AvgIpc) is 2.90. The molecular weight excluding hydrogens is 324 g/mol. The number of imide groups is 1. The standard InChI is InChI=1S/C19H17ClN2O2/c20-15-7-3-4-8-16(15)22-18(23)11-17(19(22)24)21-10-9-13-5-1-2-6-14(13)12-21/h1-8,17H,9-12H2/p+1/t17-/m1/s1. The van der Waals surface area contributed by atoms with Crippen LogP contribution in [-0.4, -0.2) is 24.4 Å². The normalized spacial score (nSPS) is 23.5. The Morgan fingerprint density at radius 1 is 1.00 bits per heavy atom. The van der Waals surface area contributed by atoms with Gasteiger partial charge in [-0.3, -0.25) is 9.59 Å². The van der Waals surface area contributed by atoms with Crippen molar-refractivity contribution >= 4 is 29.1 Å². The van der Waals surface area contributed by atoms with E-state index in [1.807, 2.05) is 12.1 Å². The maximum atomic E-state index is 12.9. The number of hydrogen-bond donors (Lipinski definition) is 1. The summed E-state index contributed by atoms with van der Waals surface area (Å²) in [6.45, 7) is 1.66. The number of anilines is 1. The van der Waals surface area contributed by atoms with Gasteiger partial charge in [0.2, 0.25) is 5.91 Å². The van der Waals surface area contributed by atoms with E-state index in [4.69, 9.17) is 11.6 Å². The largest absolute Gasteiger partial charge is 0.320 e. The summed E-state index contributed by atoms with van der Waals surface area (Å²) >= 11 is 6.18. The van der Waals surface area contributed by atoms with Gasteiger partial charge in [0.05, 0.1) is 23.7 Å². The van der Waals surface area contributed by atoms with Crippen molar-refractivity contribution in [2.45, 2.75) is 25.4 Å². The molecule has 2 aromatic rings. The Morgan fingerprint density at radius 3 is 2.50 bits per heavy atom. The predicted molar refractivity (Wildman–Crippen MR) is 92.0 cm³/mol. The fourth-order valence-corrected chi connectivity index (χ4v) is 3.96. The van der Waals surface area contributed by atoms with E-state index in [0.717, 1.165) is 19.5 Å².